The van der Waals surface area contributed by atoms with E-state index in [1.807, 2.05) is 60.7 Å². The third kappa shape index (κ3) is 9.72. The Hall–Kier alpha value is -3.24. The van der Waals surface area contributed by atoms with Crippen LogP contribution in [0.4, 0.5) is 0 Å². The van der Waals surface area contributed by atoms with Gasteiger partial charge in [-0.15, -0.1) is 0 Å². The summed E-state index contributed by atoms with van der Waals surface area (Å²) in [5.74, 6) is -0.133. The quantitative estimate of drug-likeness (QED) is 0.121. The number of nitrogens with zero attached hydrogens (tertiary/aromatic N) is 2. The number of rotatable bonds is 11. The maximum absolute atomic E-state index is 7.84. The topological polar surface area (TPSA) is 130 Å². The lowest BCUT2D eigenvalue weighted by Gasteiger charge is -2.25. The third-order valence-electron chi connectivity index (χ3n) is 5.16. The number of hydrogen-bond acceptors (Lipinski definition) is 4. The molecular formula is C24H34N8S2. The van der Waals surface area contributed by atoms with Crippen molar-refractivity contribution in [3.05, 3.63) is 71.8 Å². The molecule has 2 aromatic carbocycles. The maximum Gasteiger partial charge on any atom is 0.194 e. The third-order valence-corrected chi connectivity index (χ3v) is 5.89. The fourth-order valence-corrected chi connectivity index (χ4v) is 3.82. The summed E-state index contributed by atoms with van der Waals surface area (Å²) in [6.07, 6.45) is 3.54. The van der Waals surface area contributed by atoms with Gasteiger partial charge in [-0.3, -0.25) is 20.6 Å². The van der Waals surface area contributed by atoms with Gasteiger partial charge in [-0.2, -0.15) is 0 Å². The number of guanidine groups is 2. The zero-order valence-corrected chi connectivity index (χ0v) is 20.9. The minimum atomic E-state index is -0.0665. The number of unbranched alkanes of at least 4 members (excludes halogenated alkanes) is 3. The number of benzene rings is 2. The first-order valence-electron chi connectivity index (χ1n) is 11.2. The van der Waals surface area contributed by atoms with Crippen molar-refractivity contribution in [3.63, 3.8) is 0 Å². The van der Waals surface area contributed by atoms with Crippen molar-refractivity contribution in [1.29, 1.82) is 10.8 Å². The van der Waals surface area contributed by atoms with Crippen molar-refractivity contribution in [2.24, 2.45) is 11.5 Å². The van der Waals surface area contributed by atoms with E-state index in [1.165, 1.54) is 0 Å². The lowest BCUT2D eigenvalue weighted by atomic mass is 10.2. The monoisotopic (exact) mass is 498 g/mol. The largest absolute Gasteiger partial charge is 0.370 e. The first-order chi connectivity index (χ1) is 16.4. The summed E-state index contributed by atoms with van der Waals surface area (Å²) in [7, 11) is 0. The number of nitrogens with two attached hydrogens (primary N) is 2. The second kappa shape index (κ2) is 14.8. The standard InChI is InChI=1S/C24H34N8S2/c25-21(26)31(23(33)29-17-19-11-5-3-6-12-19)15-9-1-2-10-16-32(22(27)28)24(34)30-18-20-13-7-4-8-14-20/h3-8,11-14H,1-2,9-10,15-18H2,(H3,25,26)(H3,27,28)(H,29,33)(H,30,34). The Morgan fingerprint density at radius 1 is 0.647 bits per heavy atom. The minimum absolute atomic E-state index is 0.0665. The minimum Gasteiger partial charge on any atom is -0.370 e. The van der Waals surface area contributed by atoms with Gasteiger partial charge in [0.05, 0.1) is 0 Å². The molecule has 34 heavy (non-hydrogen) atoms. The molecule has 8 nitrogen and oxygen atoms in total. The van der Waals surface area contributed by atoms with Gasteiger partial charge in [0.15, 0.2) is 22.1 Å². The van der Waals surface area contributed by atoms with Crippen LogP contribution in [-0.2, 0) is 13.1 Å². The molecule has 0 heterocycles. The molecule has 0 aliphatic rings. The molecule has 0 saturated carbocycles. The Balaban J connectivity index is 1.68. The zero-order valence-electron chi connectivity index (χ0n) is 19.3. The summed E-state index contributed by atoms with van der Waals surface area (Å²) in [4.78, 5) is 3.23. The summed E-state index contributed by atoms with van der Waals surface area (Å²) in [5, 5.41) is 22.9. The summed E-state index contributed by atoms with van der Waals surface area (Å²) in [6, 6.07) is 19.9. The van der Waals surface area contributed by atoms with Crippen molar-refractivity contribution >= 4 is 46.6 Å². The Labute approximate surface area is 212 Å². The van der Waals surface area contributed by atoms with Crippen LogP contribution in [0.25, 0.3) is 0 Å². The van der Waals surface area contributed by atoms with E-state index in [-0.39, 0.29) is 11.9 Å². The SMILES string of the molecule is N=C(N)N(CCCCCCN(C(=N)N)C(=S)NCc1ccccc1)C(=S)NCc1ccccc1. The van der Waals surface area contributed by atoms with Crippen molar-refractivity contribution in [2.45, 2.75) is 38.8 Å². The predicted molar refractivity (Wildman–Crippen MR) is 147 cm³/mol. The molecule has 0 radical (unpaired) electrons. The van der Waals surface area contributed by atoms with E-state index in [0.717, 1.165) is 36.8 Å². The van der Waals surface area contributed by atoms with E-state index in [0.29, 0.717) is 36.4 Å². The highest BCUT2D eigenvalue weighted by Crippen LogP contribution is 2.06. The lowest BCUT2D eigenvalue weighted by molar-refractivity contribution is 0.493. The number of nitrogens with one attached hydrogen (secondary N) is 4. The predicted octanol–water partition coefficient (Wildman–Crippen LogP) is 3.09. The van der Waals surface area contributed by atoms with Gasteiger partial charge < -0.3 is 22.1 Å². The molecule has 0 aliphatic heterocycles. The molecule has 0 aromatic heterocycles. The molecule has 0 aliphatic carbocycles. The molecule has 182 valence electrons. The molecule has 0 bridgehead atoms. The van der Waals surface area contributed by atoms with Crippen LogP contribution in [0.1, 0.15) is 36.8 Å². The van der Waals surface area contributed by atoms with Crippen molar-refractivity contribution in [1.82, 2.24) is 20.4 Å². The average Bonchev–Trinajstić information content (AvgIpc) is 2.83. The van der Waals surface area contributed by atoms with Crippen molar-refractivity contribution in [2.75, 3.05) is 13.1 Å². The Morgan fingerprint density at radius 3 is 1.32 bits per heavy atom. The van der Waals surface area contributed by atoms with Gasteiger partial charge in [0.2, 0.25) is 0 Å². The average molecular weight is 499 g/mol. The van der Waals surface area contributed by atoms with Gasteiger partial charge in [0.1, 0.15) is 0 Å². The van der Waals surface area contributed by atoms with Crippen LogP contribution in [0.15, 0.2) is 60.7 Å². The number of hydrogen-bond donors (Lipinski definition) is 6. The Morgan fingerprint density at radius 2 is 1.00 bits per heavy atom. The summed E-state index contributed by atoms with van der Waals surface area (Å²) < 4.78 is 0. The van der Waals surface area contributed by atoms with Crippen LogP contribution in [0.3, 0.4) is 0 Å². The van der Waals surface area contributed by atoms with Gasteiger partial charge in [0, 0.05) is 26.2 Å². The first-order valence-corrected chi connectivity index (χ1v) is 12.1. The summed E-state index contributed by atoms with van der Waals surface area (Å²) in [6.45, 7) is 2.32. The van der Waals surface area contributed by atoms with Crippen LogP contribution >= 0.6 is 24.4 Å². The fraction of sp³-hybridized carbons (Fsp3) is 0.333. The molecule has 2 rings (SSSR count). The van der Waals surface area contributed by atoms with E-state index in [9.17, 15) is 0 Å². The second-order valence-electron chi connectivity index (χ2n) is 7.78. The molecule has 0 atom stereocenters. The van der Waals surface area contributed by atoms with Crippen LogP contribution in [0.5, 0.6) is 0 Å². The molecule has 0 unspecified atom stereocenters. The van der Waals surface area contributed by atoms with E-state index in [1.54, 1.807) is 9.80 Å². The van der Waals surface area contributed by atoms with E-state index < -0.39 is 0 Å². The first kappa shape index (κ1) is 27.0. The van der Waals surface area contributed by atoms with Gasteiger partial charge >= 0.3 is 0 Å². The fourth-order valence-electron chi connectivity index (χ4n) is 3.29. The summed E-state index contributed by atoms with van der Waals surface area (Å²) >= 11 is 10.9. The summed E-state index contributed by atoms with van der Waals surface area (Å²) in [5.41, 5.74) is 13.7. The smallest absolute Gasteiger partial charge is 0.194 e. The van der Waals surface area contributed by atoms with Crippen LogP contribution in [0.2, 0.25) is 0 Å². The van der Waals surface area contributed by atoms with Crippen molar-refractivity contribution in [3.8, 4) is 0 Å². The van der Waals surface area contributed by atoms with E-state index in [2.05, 4.69) is 10.6 Å². The number of thiocarbonyl (C=S) groups is 2. The Bertz CT molecular complexity index is 859. The highest BCUT2D eigenvalue weighted by Gasteiger charge is 2.14. The molecule has 0 fully saturated rings. The molecule has 0 saturated heterocycles. The van der Waals surface area contributed by atoms with Gasteiger partial charge in [0.25, 0.3) is 0 Å². The van der Waals surface area contributed by atoms with Crippen molar-refractivity contribution < 1.29 is 0 Å². The molecule has 0 amide bonds. The van der Waals surface area contributed by atoms with Gasteiger partial charge in [-0.05, 0) is 48.4 Å². The van der Waals surface area contributed by atoms with E-state index >= 15 is 0 Å². The molecule has 10 heteroatoms. The van der Waals surface area contributed by atoms with Crippen LogP contribution < -0.4 is 22.1 Å². The normalized spacial score (nSPS) is 10.2. The van der Waals surface area contributed by atoms with E-state index in [4.69, 9.17) is 46.7 Å². The maximum atomic E-state index is 7.84. The molecule has 8 N–H and O–H groups in total. The molecular weight excluding hydrogens is 464 g/mol. The molecule has 2 aromatic rings. The Kier molecular flexibility index (Phi) is 11.8. The molecule has 0 spiro atoms. The highest BCUT2D eigenvalue weighted by atomic mass is 32.1. The van der Waals surface area contributed by atoms with Gasteiger partial charge in [-0.1, -0.05) is 73.5 Å². The van der Waals surface area contributed by atoms with Gasteiger partial charge in [-0.25, -0.2) is 0 Å². The highest BCUT2D eigenvalue weighted by molar-refractivity contribution is 7.80. The van der Waals surface area contributed by atoms with Crippen LogP contribution in [0, 0.1) is 10.8 Å². The zero-order chi connectivity index (χ0) is 24.8. The lowest BCUT2D eigenvalue weighted by Crippen LogP contribution is -2.47. The second-order valence-corrected chi connectivity index (χ2v) is 8.55. The van der Waals surface area contributed by atoms with Crippen LogP contribution in [-0.4, -0.2) is 45.0 Å².